The van der Waals surface area contributed by atoms with Gasteiger partial charge in [-0.3, -0.25) is 0 Å². The first-order valence-electron chi connectivity index (χ1n) is 10.6. The predicted molar refractivity (Wildman–Crippen MR) is 114 cm³/mol. The molecule has 1 aliphatic carbocycles. The highest BCUT2D eigenvalue weighted by molar-refractivity contribution is 5.97. The van der Waals surface area contributed by atoms with Crippen LogP contribution in [0.2, 0.25) is 0 Å². The van der Waals surface area contributed by atoms with Crippen molar-refractivity contribution in [2.75, 3.05) is 19.0 Å². The van der Waals surface area contributed by atoms with Crippen LogP contribution < -0.4 is 10.1 Å². The Morgan fingerprint density at radius 1 is 1.29 bits per heavy atom. The number of hydrogen-bond acceptors (Lipinski definition) is 6. The van der Waals surface area contributed by atoms with Crippen molar-refractivity contribution in [2.45, 2.75) is 43.7 Å². The zero-order chi connectivity index (χ0) is 21.0. The number of aromatic nitrogens is 5. The first-order chi connectivity index (χ1) is 15.1. The van der Waals surface area contributed by atoms with Crippen LogP contribution in [-0.4, -0.2) is 49.7 Å². The monoisotopic (exact) mass is 422 g/mol. The van der Waals surface area contributed by atoms with Crippen molar-refractivity contribution >= 4 is 22.6 Å². The molecule has 1 saturated carbocycles. The van der Waals surface area contributed by atoms with E-state index in [1.165, 1.54) is 12.5 Å². The van der Waals surface area contributed by atoms with Crippen LogP contribution in [0.1, 0.15) is 32.1 Å². The van der Waals surface area contributed by atoms with Crippen LogP contribution in [0, 0.1) is 5.82 Å². The molecule has 0 unspecified atom stereocenters. The number of nitrogens with zero attached hydrogens (tertiary/aromatic N) is 4. The number of fused-ring (bicyclic) bond motifs is 2. The Kier molecular flexibility index (Phi) is 4.14. The van der Waals surface area contributed by atoms with Gasteiger partial charge in [-0.15, -0.1) is 0 Å². The van der Waals surface area contributed by atoms with E-state index in [0.29, 0.717) is 34.7 Å². The summed E-state index contributed by atoms with van der Waals surface area (Å²) in [6.45, 7) is 0.891. The van der Waals surface area contributed by atoms with E-state index in [4.69, 9.17) is 9.47 Å². The molecule has 160 valence electrons. The summed E-state index contributed by atoms with van der Waals surface area (Å²) in [6, 6.07) is 1.78. The molecule has 31 heavy (non-hydrogen) atoms. The van der Waals surface area contributed by atoms with Gasteiger partial charge in [-0.2, -0.15) is 9.97 Å². The molecule has 1 spiro atoms. The highest BCUT2D eigenvalue weighted by Gasteiger charge is 2.41. The highest BCUT2D eigenvalue weighted by atomic mass is 19.1. The third kappa shape index (κ3) is 3.03. The highest BCUT2D eigenvalue weighted by Crippen LogP contribution is 2.41. The molecule has 6 rings (SSSR count). The van der Waals surface area contributed by atoms with E-state index in [-0.39, 0.29) is 11.4 Å². The van der Waals surface area contributed by atoms with Crippen molar-refractivity contribution in [3.8, 4) is 17.0 Å². The van der Waals surface area contributed by atoms with E-state index in [9.17, 15) is 4.39 Å². The summed E-state index contributed by atoms with van der Waals surface area (Å²) in [5.41, 5.74) is 2.52. The second kappa shape index (κ2) is 6.91. The number of aromatic amines is 1. The van der Waals surface area contributed by atoms with Gasteiger partial charge < -0.3 is 24.2 Å². The van der Waals surface area contributed by atoms with E-state index in [1.54, 1.807) is 23.9 Å². The van der Waals surface area contributed by atoms with Gasteiger partial charge >= 0.3 is 0 Å². The summed E-state index contributed by atoms with van der Waals surface area (Å²) in [6.07, 6.45) is 12.3. The van der Waals surface area contributed by atoms with Gasteiger partial charge in [0.1, 0.15) is 5.65 Å². The summed E-state index contributed by atoms with van der Waals surface area (Å²) in [5, 5.41) is 4.18. The van der Waals surface area contributed by atoms with Gasteiger partial charge in [-0.05, 0) is 38.2 Å². The lowest BCUT2D eigenvalue weighted by Gasteiger charge is -2.46. The molecular formula is C22H23FN6O2. The topological polar surface area (TPSA) is 89.4 Å². The smallest absolute Gasteiger partial charge is 0.228 e. The minimum Gasteiger partial charge on any atom is -0.480 e. The van der Waals surface area contributed by atoms with Crippen molar-refractivity contribution in [3.05, 3.63) is 36.7 Å². The number of methoxy groups -OCH3 is 1. The molecule has 0 amide bonds. The molecule has 4 aromatic rings. The van der Waals surface area contributed by atoms with Crippen molar-refractivity contribution in [1.82, 2.24) is 24.3 Å². The van der Waals surface area contributed by atoms with Gasteiger partial charge in [-0.1, -0.05) is 0 Å². The number of pyridine rings is 1. The van der Waals surface area contributed by atoms with Crippen LogP contribution in [0.4, 0.5) is 10.3 Å². The Morgan fingerprint density at radius 3 is 2.87 bits per heavy atom. The molecule has 0 bridgehead atoms. The Hall–Kier alpha value is -3.20. The fourth-order valence-electron chi connectivity index (χ4n) is 4.83. The first kappa shape index (κ1) is 18.6. The van der Waals surface area contributed by atoms with Gasteiger partial charge in [0.2, 0.25) is 11.8 Å². The third-order valence-corrected chi connectivity index (χ3v) is 6.64. The Labute approximate surface area is 177 Å². The van der Waals surface area contributed by atoms with E-state index in [2.05, 4.69) is 25.3 Å². The second-order valence-corrected chi connectivity index (χ2v) is 8.42. The molecule has 1 aliphatic heterocycles. The molecular weight excluding hydrogens is 399 g/mol. The van der Waals surface area contributed by atoms with Crippen LogP contribution in [0.3, 0.4) is 0 Å². The van der Waals surface area contributed by atoms with Crippen molar-refractivity contribution in [2.24, 2.45) is 0 Å². The number of H-pyrrole nitrogens is 1. The average molecular weight is 422 g/mol. The minimum atomic E-state index is -0.388. The SMILES string of the molecule is COc1nc(NC2CCC3(CCO3)CC2)nc2[nH]cc(-c3cc(F)c4nccn4c3)c12. The number of nitrogens with one attached hydrogen (secondary N) is 2. The molecule has 9 heteroatoms. The number of hydrogen-bond donors (Lipinski definition) is 2. The maximum Gasteiger partial charge on any atom is 0.228 e. The maximum atomic E-state index is 14.5. The van der Waals surface area contributed by atoms with Gasteiger partial charge in [0.15, 0.2) is 11.5 Å². The molecule has 0 aromatic carbocycles. The lowest BCUT2D eigenvalue weighted by molar-refractivity contribution is -0.165. The summed E-state index contributed by atoms with van der Waals surface area (Å²) in [4.78, 5) is 16.5. The lowest BCUT2D eigenvalue weighted by atomic mass is 9.77. The summed E-state index contributed by atoms with van der Waals surface area (Å²) in [7, 11) is 1.58. The van der Waals surface area contributed by atoms with E-state index < -0.39 is 0 Å². The van der Waals surface area contributed by atoms with Crippen molar-refractivity contribution in [3.63, 3.8) is 0 Å². The van der Waals surface area contributed by atoms with Gasteiger partial charge in [-0.25, -0.2) is 9.37 Å². The molecule has 0 radical (unpaired) electrons. The fourth-order valence-corrected chi connectivity index (χ4v) is 4.83. The Bertz CT molecular complexity index is 1270. The van der Waals surface area contributed by atoms with Crippen molar-refractivity contribution in [1.29, 1.82) is 0 Å². The molecule has 1 saturated heterocycles. The summed E-state index contributed by atoms with van der Waals surface area (Å²) in [5.74, 6) is 0.592. The predicted octanol–water partition coefficient (Wildman–Crippen LogP) is 3.93. The lowest BCUT2D eigenvalue weighted by Crippen LogP contribution is -2.48. The number of imidazole rings is 1. The largest absolute Gasteiger partial charge is 0.480 e. The number of rotatable bonds is 4. The van der Waals surface area contributed by atoms with Gasteiger partial charge in [0.25, 0.3) is 0 Å². The van der Waals surface area contributed by atoms with Gasteiger partial charge in [0, 0.05) is 42.0 Å². The molecule has 2 aliphatic rings. The molecule has 8 nitrogen and oxygen atoms in total. The minimum absolute atomic E-state index is 0.126. The Balaban J connectivity index is 1.33. The molecule has 2 N–H and O–H groups in total. The molecule has 0 atom stereocenters. The zero-order valence-corrected chi connectivity index (χ0v) is 17.2. The van der Waals surface area contributed by atoms with Gasteiger partial charge in [0.05, 0.1) is 24.7 Å². The summed E-state index contributed by atoms with van der Waals surface area (Å²) < 4.78 is 27.6. The van der Waals surface area contributed by atoms with E-state index in [1.807, 2.05) is 12.4 Å². The van der Waals surface area contributed by atoms with Crippen molar-refractivity contribution < 1.29 is 13.9 Å². The standard InChI is InChI=1S/C22H23FN6O2/c1-30-20-17-15(13-10-16(23)19-24-7-8-29(19)12-13)11-25-18(17)27-21(28-20)26-14-2-4-22(5-3-14)6-9-31-22/h7-8,10-12,14H,2-6,9H2,1H3,(H2,25,26,27,28). The van der Waals surface area contributed by atoms with Crippen LogP contribution >= 0.6 is 0 Å². The third-order valence-electron chi connectivity index (χ3n) is 6.64. The van der Waals surface area contributed by atoms with Crippen LogP contribution in [0.5, 0.6) is 5.88 Å². The number of halogens is 1. The normalized spacial score (nSPS) is 23.4. The molecule has 4 aromatic heterocycles. The quantitative estimate of drug-likeness (QED) is 0.518. The molecule has 5 heterocycles. The number of ether oxygens (including phenoxy) is 2. The summed E-state index contributed by atoms with van der Waals surface area (Å²) >= 11 is 0. The average Bonchev–Trinajstić information content (AvgIpc) is 3.40. The van der Waals surface area contributed by atoms with Crippen LogP contribution in [0.15, 0.2) is 30.9 Å². The first-order valence-corrected chi connectivity index (χ1v) is 10.6. The number of anilines is 1. The van der Waals surface area contributed by atoms with E-state index in [0.717, 1.165) is 43.2 Å². The maximum absolute atomic E-state index is 14.5. The van der Waals surface area contributed by atoms with Crippen LogP contribution in [0.25, 0.3) is 27.8 Å². The van der Waals surface area contributed by atoms with Crippen LogP contribution in [-0.2, 0) is 4.74 Å². The Morgan fingerprint density at radius 2 is 2.13 bits per heavy atom. The zero-order valence-electron chi connectivity index (χ0n) is 17.2. The second-order valence-electron chi connectivity index (χ2n) is 8.42. The fraction of sp³-hybridized carbons (Fsp3) is 0.409. The van der Waals surface area contributed by atoms with E-state index >= 15 is 0 Å². The molecule has 2 fully saturated rings.